The SMILES string of the molecule is Cc1nn(-c2cccc(Cl)c2)cc1C(=O)N1CCc2c(cccc2N2CCN(C)CC2)C1C(=O)Cc1ccc(C(=O)O)cc1. The number of hydrogen-bond donors (Lipinski definition) is 1. The number of rotatable bonds is 7. The van der Waals surface area contributed by atoms with Crippen LogP contribution < -0.4 is 4.90 Å². The van der Waals surface area contributed by atoms with E-state index in [2.05, 4.69) is 28.0 Å². The zero-order valence-corrected chi connectivity index (χ0v) is 25.5. The van der Waals surface area contributed by atoms with Gasteiger partial charge in [-0.15, -0.1) is 0 Å². The van der Waals surface area contributed by atoms with Gasteiger partial charge in [0, 0.05) is 56.1 Å². The van der Waals surface area contributed by atoms with Gasteiger partial charge in [-0.25, -0.2) is 9.48 Å². The second-order valence-corrected chi connectivity index (χ2v) is 11.9. The number of aromatic nitrogens is 2. The van der Waals surface area contributed by atoms with Gasteiger partial charge in [-0.05, 0) is 73.5 Å². The first-order chi connectivity index (χ1) is 21.2. The molecule has 10 heteroatoms. The molecule has 1 unspecified atom stereocenters. The molecular formula is C34H34ClN5O4. The van der Waals surface area contributed by atoms with E-state index in [9.17, 15) is 19.5 Å². The van der Waals surface area contributed by atoms with Gasteiger partial charge in [-0.1, -0.05) is 41.9 Å². The third-order valence-corrected chi connectivity index (χ3v) is 8.82. The minimum Gasteiger partial charge on any atom is -0.478 e. The number of aryl methyl sites for hydroxylation is 1. The first-order valence-corrected chi connectivity index (χ1v) is 15.1. The molecule has 0 radical (unpaired) electrons. The second kappa shape index (κ2) is 12.3. The number of carboxylic acids is 1. The summed E-state index contributed by atoms with van der Waals surface area (Å²) in [6, 6.07) is 18.8. The molecule has 1 atom stereocenters. The van der Waals surface area contributed by atoms with Crippen molar-refractivity contribution in [3.8, 4) is 5.69 Å². The van der Waals surface area contributed by atoms with Crippen molar-refractivity contribution in [2.45, 2.75) is 25.8 Å². The van der Waals surface area contributed by atoms with Gasteiger partial charge in [0.15, 0.2) is 5.78 Å². The molecule has 1 fully saturated rings. The van der Waals surface area contributed by atoms with Crippen LogP contribution in [0.25, 0.3) is 5.69 Å². The smallest absolute Gasteiger partial charge is 0.335 e. The van der Waals surface area contributed by atoms with Gasteiger partial charge >= 0.3 is 5.97 Å². The van der Waals surface area contributed by atoms with E-state index in [0.717, 1.165) is 48.7 Å². The summed E-state index contributed by atoms with van der Waals surface area (Å²) < 4.78 is 1.64. The van der Waals surface area contributed by atoms with Crippen molar-refractivity contribution >= 4 is 34.9 Å². The number of likely N-dealkylation sites (N-methyl/N-ethyl adjacent to an activating group) is 1. The van der Waals surface area contributed by atoms with Crippen LogP contribution in [0.5, 0.6) is 0 Å². The normalized spacial score (nSPS) is 16.9. The molecule has 9 nitrogen and oxygen atoms in total. The third-order valence-electron chi connectivity index (χ3n) is 8.59. The van der Waals surface area contributed by atoms with Gasteiger partial charge in [-0.2, -0.15) is 5.10 Å². The van der Waals surface area contributed by atoms with Gasteiger partial charge in [0.2, 0.25) is 0 Å². The molecule has 0 bridgehead atoms. The lowest BCUT2D eigenvalue weighted by Gasteiger charge is -2.40. The largest absolute Gasteiger partial charge is 0.478 e. The quantitative estimate of drug-likeness (QED) is 0.319. The molecule has 1 saturated heterocycles. The van der Waals surface area contributed by atoms with Crippen LogP contribution in [0, 0.1) is 6.92 Å². The lowest BCUT2D eigenvalue weighted by Crippen LogP contribution is -2.47. The Balaban J connectivity index is 1.37. The molecule has 1 N–H and O–H groups in total. The van der Waals surface area contributed by atoms with Crippen LogP contribution in [-0.4, -0.2) is 82.1 Å². The first kappa shape index (κ1) is 29.6. The number of carbonyl (C=O) groups excluding carboxylic acids is 2. The summed E-state index contributed by atoms with van der Waals surface area (Å²) in [7, 11) is 2.12. The number of nitrogens with zero attached hydrogens (tertiary/aromatic N) is 5. The Kier molecular flexibility index (Phi) is 8.25. The zero-order valence-electron chi connectivity index (χ0n) is 24.7. The maximum Gasteiger partial charge on any atom is 0.335 e. The van der Waals surface area contributed by atoms with Gasteiger partial charge in [0.25, 0.3) is 5.91 Å². The number of fused-ring (bicyclic) bond motifs is 1. The summed E-state index contributed by atoms with van der Waals surface area (Å²) >= 11 is 6.21. The van der Waals surface area contributed by atoms with E-state index in [0.29, 0.717) is 34.8 Å². The topological polar surface area (TPSA) is 99.0 Å². The Morgan fingerprint density at radius 2 is 1.68 bits per heavy atom. The Morgan fingerprint density at radius 3 is 2.39 bits per heavy atom. The summed E-state index contributed by atoms with van der Waals surface area (Å²) in [5.74, 6) is -1.41. The van der Waals surface area contributed by atoms with Crippen molar-refractivity contribution in [3.63, 3.8) is 0 Å². The number of carbonyl (C=O) groups is 3. The second-order valence-electron chi connectivity index (χ2n) is 11.5. The summed E-state index contributed by atoms with van der Waals surface area (Å²) in [6.07, 6.45) is 2.39. The van der Waals surface area contributed by atoms with Crippen LogP contribution in [-0.2, 0) is 17.6 Å². The average molecular weight is 612 g/mol. The van der Waals surface area contributed by atoms with E-state index in [1.807, 2.05) is 24.3 Å². The van der Waals surface area contributed by atoms with Crippen LogP contribution in [0.4, 0.5) is 5.69 Å². The lowest BCUT2D eigenvalue weighted by molar-refractivity contribution is -0.123. The number of anilines is 1. The molecule has 6 rings (SSSR count). The average Bonchev–Trinajstić information content (AvgIpc) is 3.42. The first-order valence-electron chi connectivity index (χ1n) is 14.7. The van der Waals surface area contributed by atoms with Crippen LogP contribution >= 0.6 is 11.6 Å². The minimum atomic E-state index is -1.02. The van der Waals surface area contributed by atoms with E-state index in [-0.39, 0.29) is 23.7 Å². The highest BCUT2D eigenvalue weighted by Gasteiger charge is 2.38. The number of piperazine rings is 1. The van der Waals surface area contributed by atoms with Crippen LogP contribution in [0.3, 0.4) is 0 Å². The summed E-state index contributed by atoms with van der Waals surface area (Å²) in [5, 5.41) is 14.5. The van der Waals surface area contributed by atoms with E-state index in [1.54, 1.807) is 47.0 Å². The molecule has 2 aliphatic heterocycles. The highest BCUT2D eigenvalue weighted by atomic mass is 35.5. The molecule has 0 aliphatic carbocycles. The van der Waals surface area contributed by atoms with Crippen LogP contribution in [0.2, 0.25) is 5.02 Å². The van der Waals surface area contributed by atoms with E-state index < -0.39 is 12.0 Å². The molecule has 3 heterocycles. The molecule has 1 aromatic heterocycles. The molecule has 4 aromatic rings. The monoisotopic (exact) mass is 611 g/mol. The molecule has 3 aromatic carbocycles. The number of aromatic carboxylic acids is 1. The molecular weight excluding hydrogens is 578 g/mol. The van der Waals surface area contributed by atoms with E-state index >= 15 is 0 Å². The van der Waals surface area contributed by atoms with Crippen molar-refractivity contribution in [1.29, 1.82) is 0 Å². The molecule has 2 aliphatic rings. The predicted octanol–water partition coefficient (Wildman–Crippen LogP) is 4.84. The number of benzene rings is 3. The lowest BCUT2D eigenvalue weighted by atomic mass is 9.86. The van der Waals surface area contributed by atoms with E-state index in [1.165, 1.54) is 12.1 Å². The fraction of sp³-hybridized carbons (Fsp3) is 0.294. The van der Waals surface area contributed by atoms with Gasteiger partial charge in [0.1, 0.15) is 6.04 Å². The number of amides is 1. The number of hydrogen-bond acceptors (Lipinski definition) is 6. The highest BCUT2D eigenvalue weighted by molar-refractivity contribution is 6.30. The fourth-order valence-corrected chi connectivity index (χ4v) is 6.38. The maximum atomic E-state index is 14.3. The van der Waals surface area contributed by atoms with Crippen molar-refractivity contribution in [1.82, 2.24) is 19.6 Å². The number of ketones is 1. The van der Waals surface area contributed by atoms with Crippen molar-refractivity contribution in [2.75, 3.05) is 44.7 Å². The number of halogens is 1. The Hall–Kier alpha value is -4.47. The van der Waals surface area contributed by atoms with Crippen molar-refractivity contribution in [3.05, 3.63) is 111 Å². The van der Waals surface area contributed by atoms with Gasteiger partial charge in [0.05, 0.1) is 22.5 Å². The Labute approximate surface area is 261 Å². The molecule has 0 spiro atoms. The fourth-order valence-electron chi connectivity index (χ4n) is 6.20. The summed E-state index contributed by atoms with van der Waals surface area (Å²) in [6.45, 7) is 5.88. The zero-order chi connectivity index (χ0) is 31.0. The summed E-state index contributed by atoms with van der Waals surface area (Å²) in [5.41, 5.74) is 5.63. The van der Waals surface area contributed by atoms with Crippen LogP contribution in [0.1, 0.15) is 49.1 Å². The van der Waals surface area contributed by atoms with Crippen LogP contribution in [0.15, 0.2) is 72.9 Å². The summed E-state index contributed by atoms with van der Waals surface area (Å²) in [4.78, 5) is 46.2. The molecule has 44 heavy (non-hydrogen) atoms. The standard InChI is InChI=1S/C34H34ClN5O4/c1-22-29(21-40(36-22)26-6-3-5-25(35)20-26)33(42)39-14-13-27-28(7-4-8-30(27)38-17-15-37(2)16-18-38)32(39)31(41)19-23-9-11-24(12-10-23)34(43)44/h3-12,20-21,32H,13-19H2,1-2H3,(H,43,44). The Bertz CT molecular complexity index is 1730. The minimum absolute atomic E-state index is 0.0628. The van der Waals surface area contributed by atoms with Gasteiger partial charge < -0.3 is 19.8 Å². The molecule has 0 saturated carbocycles. The highest BCUT2D eigenvalue weighted by Crippen LogP contribution is 2.38. The maximum absolute atomic E-state index is 14.3. The number of Topliss-reactive ketones (excluding diaryl/α,β-unsaturated/α-hetero) is 1. The molecule has 226 valence electrons. The molecule has 1 amide bonds. The van der Waals surface area contributed by atoms with Crippen molar-refractivity contribution < 1.29 is 19.5 Å². The predicted molar refractivity (Wildman–Crippen MR) is 169 cm³/mol. The van der Waals surface area contributed by atoms with Crippen molar-refractivity contribution in [2.24, 2.45) is 0 Å². The number of carboxylic acid groups (broad SMARTS) is 1. The van der Waals surface area contributed by atoms with E-state index in [4.69, 9.17) is 11.6 Å². The Morgan fingerprint density at radius 1 is 0.955 bits per heavy atom. The van der Waals surface area contributed by atoms with Gasteiger partial charge in [-0.3, -0.25) is 9.59 Å². The third kappa shape index (κ3) is 5.85.